The molecule has 0 radical (unpaired) electrons. The van der Waals surface area contributed by atoms with Gasteiger partial charge in [0.05, 0.1) is 11.3 Å². The minimum absolute atomic E-state index is 0.188. The van der Waals surface area contributed by atoms with Gasteiger partial charge in [-0.3, -0.25) is 0 Å². The summed E-state index contributed by atoms with van der Waals surface area (Å²) in [6.07, 6.45) is 1.56. The number of benzene rings is 1. The fourth-order valence-electron chi connectivity index (χ4n) is 1.42. The van der Waals surface area contributed by atoms with Gasteiger partial charge < -0.3 is 11.1 Å². The minimum atomic E-state index is -0.432. The first-order chi connectivity index (χ1) is 8.58. The van der Waals surface area contributed by atoms with E-state index in [1.165, 1.54) is 18.2 Å². The van der Waals surface area contributed by atoms with Crippen LogP contribution in [-0.4, -0.2) is 9.97 Å². The average molecular weight is 282 g/mol. The molecule has 0 saturated heterocycles. The predicted molar refractivity (Wildman–Crippen MR) is 74.8 cm³/mol. The SMILES string of the molecule is NC(=S)c1cccnc1Nc1cc(Cl)ccc1F. The molecule has 0 unspecified atom stereocenters. The highest BCUT2D eigenvalue weighted by Crippen LogP contribution is 2.24. The summed E-state index contributed by atoms with van der Waals surface area (Å²) in [6, 6.07) is 7.62. The van der Waals surface area contributed by atoms with E-state index >= 15 is 0 Å². The first kappa shape index (κ1) is 12.7. The maximum Gasteiger partial charge on any atom is 0.146 e. The van der Waals surface area contributed by atoms with E-state index in [0.717, 1.165) is 0 Å². The van der Waals surface area contributed by atoms with E-state index in [2.05, 4.69) is 10.3 Å². The van der Waals surface area contributed by atoms with Gasteiger partial charge in [0.15, 0.2) is 0 Å². The van der Waals surface area contributed by atoms with E-state index in [0.29, 0.717) is 16.4 Å². The number of rotatable bonds is 3. The summed E-state index contributed by atoms with van der Waals surface area (Å²) in [5.41, 5.74) is 6.34. The fraction of sp³-hybridized carbons (Fsp3) is 0. The summed E-state index contributed by atoms with van der Waals surface area (Å²) in [5.74, 6) is -0.0369. The molecule has 0 atom stereocenters. The van der Waals surface area contributed by atoms with E-state index in [1.807, 2.05) is 0 Å². The average Bonchev–Trinajstić information content (AvgIpc) is 2.34. The summed E-state index contributed by atoms with van der Waals surface area (Å²) in [4.78, 5) is 4.27. The van der Waals surface area contributed by atoms with Gasteiger partial charge in [-0.15, -0.1) is 0 Å². The molecule has 0 aliphatic carbocycles. The molecule has 3 N–H and O–H groups in total. The third-order valence-corrected chi connectivity index (χ3v) is 2.71. The van der Waals surface area contributed by atoms with Crippen molar-refractivity contribution in [2.75, 3.05) is 5.32 Å². The Morgan fingerprint density at radius 1 is 1.39 bits per heavy atom. The molecule has 2 aromatic rings. The van der Waals surface area contributed by atoms with Crippen LogP contribution in [0.5, 0.6) is 0 Å². The molecule has 1 heterocycles. The Kier molecular flexibility index (Phi) is 3.74. The second-order valence-electron chi connectivity index (χ2n) is 3.51. The highest BCUT2D eigenvalue weighted by atomic mass is 35.5. The molecule has 18 heavy (non-hydrogen) atoms. The van der Waals surface area contributed by atoms with Crippen LogP contribution in [0.1, 0.15) is 5.56 Å². The molecule has 0 bridgehead atoms. The first-order valence-electron chi connectivity index (χ1n) is 5.05. The van der Waals surface area contributed by atoms with Crippen LogP contribution in [0.2, 0.25) is 5.02 Å². The van der Waals surface area contributed by atoms with Crippen LogP contribution in [0.15, 0.2) is 36.5 Å². The summed E-state index contributed by atoms with van der Waals surface area (Å²) in [6.45, 7) is 0. The molecule has 0 saturated carbocycles. The van der Waals surface area contributed by atoms with Crippen molar-refractivity contribution < 1.29 is 4.39 Å². The third-order valence-electron chi connectivity index (χ3n) is 2.25. The molecule has 0 fully saturated rings. The zero-order chi connectivity index (χ0) is 13.1. The van der Waals surface area contributed by atoms with Crippen molar-refractivity contribution in [1.82, 2.24) is 4.98 Å². The van der Waals surface area contributed by atoms with Crippen molar-refractivity contribution in [3.63, 3.8) is 0 Å². The molecular formula is C12H9ClFN3S. The fourth-order valence-corrected chi connectivity index (χ4v) is 1.76. The van der Waals surface area contributed by atoms with Crippen LogP contribution >= 0.6 is 23.8 Å². The molecule has 2 rings (SSSR count). The summed E-state index contributed by atoms with van der Waals surface area (Å²) >= 11 is 10.7. The quantitative estimate of drug-likeness (QED) is 0.848. The Morgan fingerprint density at radius 2 is 2.17 bits per heavy atom. The molecule has 0 aliphatic heterocycles. The van der Waals surface area contributed by atoms with Crippen LogP contribution < -0.4 is 11.1 Å². The first-order valence-corrected chi connectivity index (χ1v) is 5.83. The number of halogens is 2. The van der Waals surface area contributed by atoms with Gasteiger partial charge in [0, 0.05) is 11.2 Å². The van der Waals surface area contributed by atoms with Crippen molar-refractivity contribution in [3.05, 3.63) is 52.9 Å². The number of nitrogens with zero attached hydrogens (tertiary/aromatic N) is 1. The van der Waals surface area contributed by atoms with Crippen LogP contribution in [0.3, 0.4) is 0 Å². The lowest BCUT2D eigenvalue weighted by Crippen LogP contribution is -2.13. The normalized spacial score (nSPS) is 10.1. The van der Waals surface area contributed by atoms with Gasteiger partial charge in [0.1, 0.15) is 16.6 Å². The monoisotopic (exact) mass is 281 g/mol. The second-order valence-corrected chi connectivity index (χ2v) is 4.39. The molecule has 1 aromatic heterocycles. The standard InChI is InChI=1S/C12H9ClFN3S/c13-7-3-4-9(14)10(6-7)17-12-8(11(15)18)2-1-5-16-12/h1-6H,(H2,15,18)(H,16,17). The Labute approximate surface area is 114 Å². The lowest BCUT2D eigenvalue weighted by atomic mass is 10.2. The highest BCUT2D eigenvalue weighted by molar-refractivity contribution is 7.80. The molecule has 0 spiro atoms. The number of nitrogens with one attached hydrogen (secondary N) is 1. The van der Waals surface area contributed by atoms with Crippen molar-refractivity contribution in [2.24, 2.45) is 5.73 Å². The van der Waals surface area contributed by atoms with Crippen molar-refractivity contribution in [2.45, 2.75) is 0 Å². The van der Waals surface area contributed by atoms with Crippen LogP contribution in [-0.2, 0) is 0 Å². The number of anilines is 2. The molecule has 1 aromatic carbocycles. The third kappa shape index (κ3) is 2.75. The number of aromatic nitrogens is 1. The van der Waals surface area contributed by atoms with Gasteiger partial charge in [-0.1, -0.05) is 23.8 Å². The van der Waals surface area contributed by atoms with E-state index in [-0.39, 0.29) is 10.7 Å². The molecule has 0 amide bonds. The Bertz CT molecular complexity index is 604. The number of thiocarbonyl (C=S) groups is 1. The number of hydrogen-bond donors (Lipinski definition) is 2. The van der Waals surface area contributed by atoms with Crippen LogP contribution in [0, 0.1) is 5.82 Å². The topological polar surface area (TPSA) is 50.9 Å². The van der Waals surface area contributed by atoms with E-state index in [9.17, 15) is 4.39 Å². The molecular weight excluding hydrogens is 273 g/mol. The van der Waals surface area contributed by atoms with E-state index in [1.54, 1.807) is 18.3 Å². The largest absolute Gasteiger partial charge is 0.389 e. The molecule has 0 aliphatic rings. The Hall–Kier alpha value is -1.72. The summed E-state index contributed by atoms with van der Waals surface area (Å²) in [7, 11) is 0. The zero-order valence-electron chi connectivity index (χ0n) is 9.15. The smallest absolute Gasteiger partial charge is 0.146 e. The lowest BCUT2D eigenvalue weighted by molar-refractivity contribution is 0.632. The lowest BCUT2D eigenvalue weighted by Gasteiger charge is -2.10. The highest BCUT2D eigenvalue weighted by Gasteiger charge is 2.09. The molecule has 92 valence electrons. The van der Waals surface area contributed by atoms with E-state index < -0.39 is 5.82 Å². The van der Waals surface area contributed by atoms with Gasteiger partial charge in [0.2, 0.25) is 0 Å². The van der Waals surface area contributed by atoms with Crippen LogP contribution in [0.25, 0.3) is 0 Å². The van der Waals surface area contributed by atoms with Crippen molar-refractivity contribution in [3.8, 4) is 0 Å². The molecule has 6 heteroatoms. The van der Waals surface area contributed by atoms with Crippen LogP contribution in [0.4, 0.5) is 15.9 Å². The van der Waals surface area contributed by atoms with Gasteiger partial charge >= 0.3 is 0 Å². The molecule has 3 nitrogen and oxygen atoms in total. The maximum absolute atomic E-state index is 13.6. The number of nitrogens with two attached hydrogens (primary N) is 1. The van der Waals surface area contributed by atoms with Crippen molar-refractivity contribution >= 4 is 40.3 Å². The summed E-state index contributed by atoms with van der Waals surface area (Å²) < 4.78 is 13.6. The minimum Gasteiger partial charge on any atom is -0.389 e. The summed E-state index contributed by atoms with van der Waals surface area (Å²) in [5, 5.41) is 3.25. The maximum atomic E-state index is 13.6. The second kappa shape index (κ2) is 5.29. The zero-order valence-corrected chi connectivity index (χ0v) is 10.7. The predicted octanol–water partition coefficient (Wildman–Crippen LogP) is 3.25. The number of hydrogen-bond acceptors (Lipinski definition) is 3. The Balaban J connectivity index is 2.40. The Morgan fingerprint density at radius 3 is 2.89 bits per heavy atom. The van der Waals surface area contributed by atoms with Gasteiger partial charge in [-0.25, -0.2) is 9.37 Å². The van der Waals surface area contributed by atoms with Gasteiger partial charge in [-0.05, 0) is 30.3 Å². The van der Waals surface area contributed by atoms with E-state index in [4.69, 9.17) is 29.6 Å². The van der Waals surface area contributed by atoms with Crippen molar-refractivity contribution in [1.29, 1.82) is 0 Å². The van der Waals surface area contributed by atoms with Gasteiger partial charge in [0.25, 0.3) is 0 Å². The van der Waals surface area contributed by atoms with Gasteiger partial charge in [-0.2, -0.15) is 0 Å². The number of pyridine rings is 1.